The fraction of sp³-hybridized carbons (Fsp3) is 0.250. The number of hydrogen-bond donors (Lipinski definition) is 1. The van der Waals surface area contributed by atoms with Crippen molar-refractivity contribution in [3.05, 3.63) is 58.9 Å². The van der Waals surface area contributed by atoms with Crippen molar-refractivity contribution >= 4 is 40.8 Å². The highest BCUT2D eigenvalue weighted by Crippen LogP contribution is 2.29. The molecule has 6 nitrogen and oxygen atoms in total. The Bertz CT molecular complexity index is 934. The molecule has 1 saturated heterocycles. The standard InChI is InChI=1S/C20H18ClFN2O4/c1-2-28-20(27)12-4-3-5-14(8-12)23-19(26)13-9-18(25)24(11-13)15-6-7-17(22)16(21)10-15/h3-8,10,13H,2,9,11H2,1H3,(H,23,26). The van der Waals surface area contributed by atoms with Gasteiger partial charge in [0.25, 0.3) is 0 Å². The van der Waals surface area contributed by atoms with Crippen LogP contribution in [0.2, 0.25) is 5.02 Å². The van der Waals surface area contributed by atoms with Crippen LogP contribution in [0.5, 0.6) is 0 Å². The van der Waals surface area contributed by atoms with Gasteiger partial charge in [-0.3, -0.25) is 9.59 Å². The maximum atomic E-state index is 13.3. The van der Waals surface area contributed by atoms with Crippen LogP contribution >= 0.6 is 11.6 Å². The summed E-state index contributed by atoms with van der Waals surface area (Å²) in [5.41, 5.74) is 1.20. The van der Waals surface area contributed by atoms with Gasteiger partial charge in [0.05, 0.1) is 23.1 Å². The van der Waals surface area contributed by atoms with E-state index in [1.165, 1.54) is 29.2 Å². The normalized spacial score (nSPS) is 16.2. The van der Waals surface area contributed by atoms with E-state index >= 15 is 0 Å². The van der Waals surface area contributed by atoms with E-state index in [4.69, 9.17) is 16.3 Å². The molecular formula is C20H18ClFN2O4. The number of rotatable bonds is 5. The number of carbonyl (C=O) groups is 3. The molecule has 8 heteroatoms. The molecule has 146 valence electrons. The minimum atomic E-state index is -0.581. The molecule has 0 aromatic heterocycles. The summed E-state index contributed by atoms with van der Waals surface area (Å²) in [6, 6.07) is 10.4. The Kier molecular flexibility index (Phi) is 5.94. The van der Waals surface area contributed by atoms with E-state index in [0.29, 0.717) is 16.9 Å². The second-order valence-corrected chi connectivity index (χ2v) is 6.70. The van der Waals surface area contributed by atoms with Gasteiger partial charge in [-0.1, -0.05) is 17.7 Å². The molecule has 0 radical (unpaired) electrons. The van der Waals surface area contributed by atoms with Crippen molar-refractivity contribution in [1.29, 1.82) is 0 Å². The molecule has 1 unspecified atom stereocenters. The molecule has 0 spiro atoms. The second-order valence-electron chi connectivity index (χ2n) is 6.29. The van der Waals surface area contributed by atoms with Crippen LogP contribution < -0.4 is 10.2 Å². The van der Waals surface area contributed by atoms with E-state index in [9.17, 15) is 18.8 Å². The highest BCUT2D eigenvalue weighted by molar-refractivity contribution is 6.31. The molecule has 3 rings (SSSR count). The monoisotopic (exact) mass is 404 g/mol. The van der Waals surface area contributed by atoms with Crippen molar-refractivity contribution in [1.82, 2.24) is 0 Å². The summed E-state index contributed by atoms with van der Waals surface area (Å²) < 4.78 is 18.3. The summed E-state index contributed by atoms with van der Waals surface area (Å²) in [7, 11) is 0. The number of ether oxygens (including phenoxy) is 1. The molecule has 0 aliphatic carbocycles. The average Bonchev–Trinajstić information content (AvgIpc) is 3.06. The molecule has 2 aromatic carbocycles. The van der Waals surface area contributed by atoms with Crippen molar-refractivity contribution in [2.24, 2.45) is 5.92 Å². The van der Waals surface area contributed by atoms with Crippen LogP contribution in [-0.2, 0) is 14.3 Å². The number of hydrogen-bond acceptors (Lipinski definition) is 4. The summed E-state index contributed by atoms with van der Waals surface area (Å²) >= 11 is 5.78. The second kappa shape index (κ2) is 8.39. The van der Waals surface area contributed by atoms with Crippen molar-refractivity contribution in [3.63, 3.8) is 0 Å². The van der Waals surface area contributed by atoms with Gasteiger partial charge in [-0.15, -0.1) is 0 Å². The van der Waals surface area contributed by atoms with Crippen molar-refractivity contribution in [3.8, 4) is 0 Å². The van der Waals surface area contributed by atoms with E-state index < -0.39 is 17.7 Å². The van der Waals surface area contributed by atoms with Crippen molar-refractivity contribution < 1.29 is 23.5 Å². The van der Waals surface area contributed by atoms with E-state index in [2.05, 4.69) is 5.32 Å². The van der Waals surface area contributed by atoms with Crippen LogP contribution in [0.25, 0.3) is 0 Å². The molecule has 1 aliphatic heterocycles. The maximum absolute atomic E-state index is 13.3. The average molecular weight is 405 g/mol. The first-order valence-electron chi connectivity index (χ1n) is 8.72. The number of benzene rings is 2. The molecule has 1 heterocycles. The van der Waals surface area contributed by atoms with Crippen molar-refractivity contribution in [2.75, 3.05) is 23.4 Å². The molecular weight excluding hydrogens is 387 g/mol. The van der Waals surface area contributed by atoms with Crippen LogP contribution in [0.3, 0.4) is 0 Å². The molecule has 0 bridgehead atoms. The Morgan fingerprint density at radius 3 is 2.79 bits per heavy atom. The molecule has 1 atom stereocenters. The summed E-state index contributed by atoms with van der Waals surface area (Å²) in [4.78, 5) is 38.1. The number of nitrogens with zero attached hydrogens (tertiary/aromatic N) is 1. The minimum Gasteiger partial charge on any atom is -0.462 e. The first-order chi connectivity index (χ1) is 13.4. The molecule has 28 heavy (non-hydrogen) atoms. The van der Waals surface area contributed by atoms with Crippen LogP contribution in [0.1, 0.15) is 23.7 Å². The smallest absolute Gasteiger partial charge is 0.338 e. The predicted octanol–water partition coefficient (Wildman–Crippen LogP) is 3.65. The topological polar surface area (TPSA) is 75.7 Å². The number of amides is 2. The van der Waals surface area contributed by atoms with E-state index in [1.807, 2.05) is 0 Å². The molecule has 1 aliphatic rings. The number of halogens is 2. The van der Waals surface area contributed by atoms with Crippen molar-refractivity contribution in [2.45, 2.75) is 13.3 Å². The van der Waals surface area contributed by atoms with Gasteiger partial charge in [-0.25, -0.2) is 9.18 Å². The molecule has 0 saturated carbocycles. The predicted molar refractivity (Wildman–Crippen MR) is 103 cm³/mol. The van der Waals surface area contributed by atoms with Crippen LogP contribution in [0, 0.1) is 11.7 Å². The molecule has 2 aromatic rings. The highest BCUT2D eigenvalue weighted by Gasteiger charge is 2.35. The van der Waals surface area contributed by atoms with Crippen LogP contribution in [0.15, 0.2) is 42.5 Å². The zero-order valence-corrected chi connectivity index (χ0v) is 15.8. The van der Waals surface area contributed by atoms with E-state index in [0.717, 1.165) is 0 Å². The van der Waals surface area contributed by atoms with Crippen LogP contribution in [-0.4, -0.2) is 30.9 Å². The van der Waals surface area contributed by atoms with Gasteiger partial charge < -0.3 is 15.0 Å². The molecule has 1 N–H and O–H groups in total. The van der Waals surface area contributed by atoms with Gasteiger partial charge in [-0.2, -0.15) is 0 Å². The fourth-order valence-corrected chi connectivity index (χ4v) is 3.14. The van der Waals surface area contributed by atoms with Gasteiger partial charge in [0.15, 0.2) is 0 Å². The third-order valence-corrected chi connectivity index (χ3v) is 4.64. The van der Waals surface area contributed by atoms with E-state index in [-0.39, 0.29) is 36.4 Å². The van der Waals surface area contributed by atoms with Gasteiger partial charge in [0.2, 0.25) is 11.8 Å². The molecule has 2 amide bonds. The zero-order chi connectivity index (χ0) is 20.3. The number of nitrogens with one attached hydrogen (secondary N) is 1. The zero-order valence-electron chi connectivity index (χ0n) is 15.1. The quantitative estimate of drug-likeness (QED) is 0.772. The number of esters is 1. The first kappa shape index (κ1) is 19.8. The number of anilines is 2. The Morgan fingerprint density at radius 1 is 1.29 bits per heavy atom. The van der Waals surface area contributed by atoms with Gasteiger partial charge in [-0.05, 0) is 43.3 Å². The number of carbonyl (C=O) groups excluding carboxylic acids is 3. The van der Waals surface area contributed by atoms with Gasteiger partial charge in [0.1, 0.15) is 5.82 Å². The Hall–Kier alpha value is -2.93. The highest BCUT2D eigenvalue weighted by atomic mass is 35.5. The SMILES string of the molecule is CCOC(=O)c1cccc(NC(=O)C2CC(=O)N(c3ccc(F)c(Cl)c3)C2)c1. The summed E-state index contributed by atoms with van der Waals surface area (Å²) in [6.07, 6.45) is 0.0262. The first-order valence-corrected chi connectivity index (χ1v) is 9.10. The fourth-order valence-electron chi connectivity index (χ4n) is 2.97. The molecule has 1 fully saturated rings. The summed E-state index contributed by atoms with van der Waals surface area (Å²) in [5, 5.41) is 2.63. The third kappa shape index (κ3) is 4.31. The van der Waals surface area contributed by atoms with Gasteiger partial charge in [0, 0.05) is 24.3 Å². The Morgan fingerprint density at radius 2 is 2.07 bits per heavy atom. The lowest BCUT2D eigenvalue weighted by molar-refractivity contribution is -0.122. The lowest BCUT2D eigenvalue weighted by Crippen LogP contribution is -2.28. The summed E-state index contributed by atoms with van der Waals surface area (Å²) in [5.74, 6) is -2.22. The van der Waals surface area contributed by atoms with E-state index in [1.54, 1.807) is 25.1 Å². The lowest BCUT2D eigenvalue weighted by atomic mass is 10.1. The van der Waals surface area contributed by atoms with Gasteiger partial charge >= 0.3 is 5.97 Å². The lowest BCUT2D eigenvalue weighted by Gasteiger charge is -2.17. The largest absolute Gasteiger partial charge is 0.462 e. The Labute approximate surface area is 166 Å². The Balaban J connectivity index is 1.69. The summed E-state index contributed by atoms with van der Waals surface area (Å²) in [6.45, 7) is 2.12. The van der Waals surface area contributed by atoms with Crippen LogP contribution in [0.4, 0.5) is 15.8 Å². The maximum Gasteiger partial charge on any atom is 0.338 e. The minimum absolute atomic E-state index is 0.0262. The third-order valence-electron chi connectivity index (χ3n) is 4.35.